The fraction of sp³-hybridized carbons (Fsp3) is 0.833. The summed E-state index contributed by atoms with van der Waals surface area (Å²) >= 11 is 0. The number of hydrogen-bond donors (Lipinski definition) is 0. The Morgan fingerprint density at radius 1 is 0.292 bits per heavy atom. The Kier molecular flexibility index (Phi) is 58.7. The maximum Gasteiger partial charge on any atom is 0.306 e. The number of esters is 3. The molecular formula is C66H120O6. The molecule has 0 heterocycles. The minimum absolute atomic E-state index is 0.0802. The van der Waals surface area contributed by atoms with E-state index in [1.165, 1.54) is 212 Å². The van der Waals surface area contributed by atoms with E-state index in [0.29, 0.717) is 19.3 Å². The molecule has 72 heavy (non-hydrogen) atoms. The average molecular weight is 1010 g/mol. The van der Waals surface area contributed by atoms with Crippen LogP contribution in [0.3, 0.4) is 0 Å². The van der Waals surface area contributed by atoms with Crippen LogP contribution in [0.5, 0.6) is 0 Å². The van der Waals surface area contributed by atoms with Gasteiger partial charge in [-0.05, 0) is 77.0 Å². The van der Waals surface area contributed by atoms with Gasteiger partial charge in [-0.25, -0.2) is 0 Å². The summed E-state index contributed by atoms with van der Waals surface area (Å²) < 4.78 is 16.9. The molecular weight excluding hydrogens is 889 g/mol. The molecule has 0 fully saturated rings. The minimum atomic E-state index is -0.784. The van der Waals surface area contributed by atoms with Gasteiger partial charge in [0.05, 0.1) is 0 Å². The van der Waals surface area contributed by atoms with Crippen LogP contribution in [0, 0.1) is 0 Å². The first-order chi connectivity index (χ1) is 35.5. The van der Waals surface area contributed by atoms with Crippen molar-refractivity contribution in [1.82, 2.24) is 0 Å². The van der Waals surface area contributed by atoms with Crippen LogP contribution in [0.1, 0.15) is 335 Å². The molecule has 6 heteroatoms. The first kappa shape index (κ1) is 69.4. The number of ether oxygens (including phenoxy) is 3. The zero-order chi connectivity index (χ0) is 52.2. The lowest BCUT2D eigenvalue weighted by Crippen LogP contribution is -2.30. The third-order valence-corrected chi connectivity index (χ3v) is 14.1. The van der Waals surface area contributed by atoms with Crippen LogP contribution in [-0.2, 0) is 28.6 Å². The van der Waals surface area contributed by atoms with Gasteiger partial charge in [-0.3, -0.25) is 14.4 Å². The Morgan fingerprint density at radius 2 is 0.542 bits per heavy atom. The molecule has 0 aromatic rings. The maximum absolute atomic E-state index is 12.9. The number of rotatable bonds is 58. The van der Waals surface area contributed by atoms with Gasteiger partial charge < -0.3 is 14.2 Å². The predicted molar refractivity (Wildman–Crippen MR) is 312 cm³/mol. The van der Waals surface area contributed by atoms with Gasteiger partial charge in [0.1, 0.15) is 13.2 Å². The quantitative estimate of drug-likeness (QED) is 0.0261. The molecule has 1 atom stereocenters. The summed E-state index contributed by atoms with van der Waals surface area (Å²) in [6.07, 6.45) is 75.5. The number of hydrogen-bond acceptors (Lipinski definition) is 6. The molecule has 0 aliphatic heterocycles. The van der Waals surface area contributed by atoms with Crippen LogP contribution >= 0.6 is 0 Å². The van der Waals surface area contributed by atoms with Crippen molar-refractivity contribution in [2.45, 2.75) is 341 Å². The largest absolute Gasteiger partial charge is 0.462 e. The highest BCUT2D eigenvalue weighted by Crippen LogP contribution is 2.17. The van der Waals surface area contributed by atoms with Gasteiger partial charge in [-0.1, -0.05) is 288 Å². The van der Waals surface area contributed by atoms with Gasteiger partial charge in [0.25, 0.3) is 0 Å². The average Bonchev–Trinajstić information content (AvgIpc) is 3.38. The molecule has 0 aliphatic rings. The van der Waals surface area contributed by atoms with Crippen molar-refractivity contribution in [3.05, 3.63) is 48.6 Å². The molecule has 0 rings (SSSR count). The monoisotopic (exact) mass is 1010 g/mol. The zero-order valence-electron chi connectivity index (χ0n) is 48.2. The van der Waals surface area contributed by atoms with E-state index in [1.807, 2.05) is 0 Å². The predicted octanol–water partition coefficient (Wildman–Crippen LogP) is 21.4. The van der Waals surface area contributed by atoms with Crippen molar-refractivity contribution in [1.29, 1.82) is 0 Å². The normalized spacial score (nSPS) is 12.3. The lowest BCUT2D eigenvalue weighted by molar-refractivity contribution is -0.167. The van der Waals surface area contributed by atoms with E-state index < -0.39 is 6.10 Å². The van der Waals surface area contributed by atoms with E-state index in [1.54, 1.807) is 0 Å². The summed E-state index contributed by atoms with van der Waals surface area (Å²) in [4.78, 5) is 38.3. The number of carbonyl (C=O) groups is 3. The molecule has 0 N–H and O–H groups in total. The topological polar surface area (TPSA) is 78.9 Å². The van der Waals surface area contributed by atoms with Crippen molar-refractivity contribution < 1.29 is 28.6 Å². The molecule has 0 saturated heterocycles. The molecule has 0 saturated carbocycles. The van der Waals surface area contributed by atoms with Crippen molar-refractivity contribution >= 4 is 17.9 Å². The standard InChI is InChI=1S/C66H120O6/c1-4-7-10-13-16-19-22-25-27-29-31-33-35-36-38-41-44-47-50-53-56-59-65(68)71-62-63(61-70-64(67)58-55-52-49-46-43-40-24-21-18-15-12-9-6-3)72-66(69)60-57-54-51-48-45-42-39-37-34-32-30-28-26-23-20-17-14-11-8-5-2/h9,12,18,21,29,31,40,43,63H,4-8,10-11,13-17,19-20,22-28,30,32-39,41-42,44-62H2,1-3H3/b12-9-,21-18-,31-29-,43-40-. The van der Waals surface area contributed by atoms with E-state index in [-0.39, 0.29) is 31.1 Å². The molecule has 0 radical (unpaired) electrons. The summed E-state index contributed by atoms with van der Waals surface area (Å²) in [7, 11) is 0. The van der Waals surface area contributed by atoms with Crippen LogP contribution in [0.2, 0.25) is 0 Å². The van der Waals surface area contributed by atoms with E-state index in [0.717, 1.165) is 83.5 Å². The molecule has 0 spiro atoms. The summed E-state index contributed by atoms with van der Waals surface area (Å²) in [6.45, 7) is 6.55. The highest BCUT2D eigenvalue weighted by molar-refractivity contribution is 5.71. The number of allylic oxidation sites excluding steroid dienone is 8. The van der Waals surface area contributed by atoms with E-state index in [2.05, 4.69) is 69.4 Å². The minimum Gasteiger partial charge on any atom is -0.462 e. The van der Waals surface area contributed by atoms with Crippen LogP contribution in [0.4, 0.5) is 0 Å². The Labute approximate surface area is 448 Å². The lowest BCUT2D eigenvalue weighted by Gasteiger charge is -2.18. The summed E-state index contributed by atoms with van der Waals surface area (Å²) in [6, 6.07) is 0. The van der Waals surface area contributed by atoms with E-state index in [9.17, 15) is 14.4 Å². The second-order valence-electron chi connectivity index (χ2n) is 21.3. The third-order valence-electron chi connectivity index (χ3n) is 14.1. The Balaban J connectivity index is 4.31. The maximum atomic E-state index is 12.9. The summed E-state index contributed by atoms with van der Waals surface area (Å²) in [5.41, 5.74) is 0. The molecule has 0 bridgehead atoms. The summed E-state index contributed by atoms with van der Waals surface area (Å²) in [5, 5.41) is 0. The Hall–Kier alpha value is -2.63. The van der Waals surface area contributed by atoms with Crippen molar-refractivity contribution in [2.75, 3.05) is 13.2 Å². The second-order valence-corrected chi connectivity index (χ2v) is 21.3. The fourth-order valence-electron chi connectivity index (χ4n) is 9.34. The molecule has 1 unspecified atom stereocenters. The van der Waals surface area contributed by atoms with Crippen LogP contribution in [-0.4, -0.2) is 37.2 Å². The molecule has 6 nitrogen and oxygen atoms in total. The van der Waals surface area contributed by atoms with Crippen molar-refractivity contribution in [3.8, 4) is 0 Å². The van der Waals surface area contributed by atoms with Gasteiger partial charge in [0, 0.05) is 19.3 Å². The highest BCUT2D eigenvalue weighted by atomic mass is 16.6. The van der Waals surface area contributed by atoms with Gasteiger partial charge in [0.15, 0.2) is 6.10 Å². The smallest absolute Gasteiger partial charge is 0.306 e. The number of unbranched alkanes of at least 4 members (excludes halogenated alkanes) is 39. The number of carbonyl (C=O) groups excluding carboxylic acids is 3. The molecule has 0 aromatic carbocycles. The van der Waals surface area contributed by atoms with E-state index >= 15 is 0 Å². The zero-order valence-corrected chi connectivity index (χ0v) is 48.2. The van der Waals surface area contributed by atoms with Gasteiger partial charge >= 0.3 is 17.9 Å². The second kappa shape index (κ2) is 60.9. The lowest BCUT2D eigenvalue weighted by atomic mass is 10.0. The van der Waals surface area contributed by atoms with E-state index in [4.69, 9.17) is 14.2 Å². The molecule has 0 aliphatic carbocycles. The molecule has 0 aromatic heterocycles. The molecule has 0 amide bonds. The van der Waals surface area contributed by atoms with Crippen LogP contribution in [0.15, 0.2) is 48.6 Å². The van der Waals surface area contributed by atoms with Crippen molar-refractivity contribution in [2.24, 2.45) is 0 Å². The first-order valence-corrected chi connectivity index (χ1v) is 31.6. The highest BCUT2D eigenvalue weighted by Gasteiger charge is 2.19. The molecule has 420 valence electrons. The Morgan fingerprint density at radius 3 is 0.875 bits per heavy atom. The van der Waals surface area contributed by atoms with Crippen LogP contribution in [0.25, 0.3) is 0 Å². The van der Waals surface area contributed by atoms with Gasteiger partial charge in [-0.15, -0.1) is 0 Å². The first-order valence-electron chi connectivity index (χ1n) is 31.6. The Bertz CT molecular complexity index is 1250. The SMILES string of the molecule is CC/C=C\C/C=C\C/C=C\CCCCCC(=O)OCC(COC(=O)CCCCCCCCCCC/C=C\CCCCCCCCCC)OC(=O)CCCCCCCCCCCCCCCCCCCCCC. The van der Waals surface area contributed by atoms with Crippen molar-refractivity contribution in [3.63, 3.8) is 0 Å². The van der Waals surface area contributed by atoms with Crippen LogP contribution < -0.4 is 0 Å². The van der Waals surface area contributed by atoms with Gasteiger partial charge in [-0.2, -0.15) is 0 Å². The van der Waals surface area contributed by atoms with Gasteiger partial charge in [0.2, 0.25) is 0 Å². The third kappa shape index (κ3) is 58.3. The summed E-state index contributed by atoms with van der Waals surface area (Å²) in [5.74, 6) is -0.893. The fourth-order valence-corrected chi connectivity index (χ4v) is 9.34.